The zero-order valence-electron chi connectivity index (χ0n) is 10.4. The van der Waals surface area contributed by atoms with Crippen molar-refractivity contribution in [2.75, 3.05) is 19.0 Å². The number of aromatic nitrogens is 2. The van der Waals surface area contributed by atoms with Crippen molar-refractivity contribution in [2.24, 2.45) is 0 Å². The third-order valence-corrected chi connectivity index (χ3v) is 3.30. The molecular weight excluding hydrogens is 341 g/mol. The lowest BCUT2D eigenvalue weighted by Crippen LogP contribution is -2.12. The SMILES string of the molecule is COCC(C)n1ccnc1Nc1cccc(I)c1. The molecule has 1 aromatic carbocycles. The molecule has 0 aliphatic heterocycles. The van der Waals surface area contributed by atoms with Crippen LogP contribution in [0.2, 0.25) is 0 Å². The molecule has 0 amide bonds. The minimum atomic E-state index is 0.253. The van der Waals surface area contributed by atoms with Gasteiger partial charge in [0.05, 0.1) is 12.6 Å². The summed E-state index contributed by atoms with van der Waals surface area (Å²) < 4.78 is 8.44. The van der Waals surface area contributed by atoms with Gasteiger partial charge in [0, 0.05) is 28.8 Å². The van der Waals surface area contributed by atoms with Crippen molar-refractivity contribution in [1.29, 1.82) is 0 Å². The second-order valence-electron chi connectivity index (χ2n) is 4.10. The van der Waals surface area contributed by atoms with Gasteiger partial charge in [-0.1, -0.05) is 6.07 Å². The zero-order chi connectivity index (χ0) is 13.0. The average Bonchev–Trinajstić information content (AvgIpc) is 2.77. The first kappa shape index (κ1) is 13.4. The van der Waals surface area contributed by atoms with Gasteiger partial charge in [-0.2, -0.15) is 0 Å². The van der Waals surface area contributed by atoms with Crippen LogP contribution in [0.4, 0.5) is 11.6 Å². The van der Waals surface area contributed by atoms with Crippen LogP contribution in [0.25, 0.3) is 0 Å². The average molecular weight is 357 g/mol. The molecule has 0 fully saturated rings. The lowest BCUT2D eigenvalue weighted by Gasteiger charge is -2.16. The van der Waals surface area contributed by atoms with Crippen molar-refractivity contribution >= 4 is 34.2 Å². The first-order chi connectivity index (χ1) is 8.70. The fourth-order valence-corrected chi connectivity index (χ4v) is 2.33. The lowest BCUT2D eigenvalue weighted by atomic mass is 10.3. The molecule has 18 heavy (non-hydrogen) atoms. The van der Waals surface area contributed by atoms with Gasteiger partial charge in [-0.25, -0.2) is 4.98 Å². The van der Waals surface area contributed by atoms with Gasteiger partial charge in [0.2, 0.25) is 5.95 Å². The van der Waals surface area contributed by atoms with Crippen molar-refractivity contribution in [3.05, 3.63) is 40.2 Å². The molecule has 0 saturated heterocycles. The number of hydrogen-bond acceptors (Lipinski definition) is 3. The van der Waals surface area contributed by atoms with Gasteiger partial charge in [-0.15, -0.1) is 0 Å². The standard InChI is InChI=1S/C13H16IN3O/c1-10(9-18-2)17-7-6-15-13(17)16-12-5-3-4-11(14)8-12/h3-8,10H,9H2,1-2H3,(H,15,16). The van der Waals surface area contributed by atoms with E-state index >= 15 is 0 Å². The molecule has 0 radical (unpaired) electrons. The van der Waals surface area contributed by atoms with E-state index in [0.29, 0.717) is 6.61 Å². The third-order valence-electron chi connectivity index (χ3n) is 2.63. The summed E-state index contributed by atoms with van der Waals surface area (Å²) in [6.45, 7) is 2.77. The first-order valence-electron chi connectivity index (χ1n) is 5.75. The van der Waals surface area contributed by atoms with Gasteiger partial charge in [-0.05, 0) is 47.7 Å². The van der Waals surface area contributed by atoms with Crippen LogP contribution < -0.4 is 5.32 Å². The molecule has 0 aliphatic rings. The number of nitrogens with zero attached hydrogens (tertiary/aromatic N) is 2. The number of ether oxygens (including phenoxy) is 1. The molecule has 1 unspecified atom stereocenters. The Morgan fingerprint density at radius 1 is 1.50 bits per heavy atom. The summed E-state index contributed by atoms with van der Waals surface area (Å²) in [6.07, 6.45) is 3.75. The minimum Gasteiger partial charge on any atom is -0.383 e. The Morgan fingerprint density at radius 2 is 2.33 bits per heavy atom. The van der Waals surface area contributed by atoms with E-state index in [9.17, 15) is 0 Å². The van der Waals surface area contributed by atoms with Crippen molar-refractivity contribution in [3.63, 3.8) is 0 Å². The number of imidazole rings is 1. The second kappa shape index (κ2) is 6.19. The van der Waals surface area contributed by atoms with Crippen molar-refractivity contribution in [3.8, 4) is 0 Å². The van der Waals surface area contributed by atoms with Gasteiger partial charge in [0.15, 0.2) is 0 Å². The molecule has 2 aromatic rings. The summed E-state index contributed by atoms with van der Waals surface area (Å²) in [7, 11) is 1.71. The van der Waals surface area contributed by atoms with E-state index < -0.39 is 0 Å². The smallest absolute Gasteiger partial charge is 0.207 e. The fourth-order valence-electron chi connectivity index (χ4n) is 1.78. The van der Waals surface area contributed by atoms with E-state index in [2.05, 4.69) is 56.5 Å². The maximum Gasteiger partial charge on any atom is 0.207 e. The van der Waals surface area contributed by atoms with Crippen molar-refractivity contribution < 1.29 is 4.74 Å². The molecule has 0 aliphatic carbocycles. The summed E-state index contributed by atoms with van der Waals surface area (Å²) in [4.78, 5) is 4.34. The van der Waals surface area contributed by atoms with Crippen LogP contribution in [0, 0.1) is 3.57 Å². The third kappa shape index (κ3) is 3.23. The highest BCUT2D eigenvalue weighted by molar-refractivity contribution is 14.1. The maximum absolute atomic E-state index is 5.17. The highest BCUT2D eigenvalue weighted by atomic mass is 127. The summed E-state index contributed by atoms with van der Waals surface area (Å²) in [5.74, 6) is 0.835. The predicted octanol–water partition coefficient (Wildman–Crippen LogP) is 3.44. The first-order valence-corrected chi connectivity index (χ1v) is 6.83. The molecule has 0 bridgehead atoms. The summed E-state index contributed by atoms with van der Waals surface area (Å²) in [6, 6.07) is 8.45. The normalized spacial score (nSPS) is 12.4. The summed E-state index contributed by atoms with van der Waals surface area (Å²) in [5.41, 5.74) is 1.04. The Labute approximate surface area is 121 Å². The number of rotatable bonds is 5. The Morgan fingerprint density at radius 3 is 3.06 bits per heavy atom. The molecule has 2 rings (SSSR count). The van der Waals surface area contributed by atoms with E-state index in [1.165, 1.54) is 3.57 Å². The van der Waals surface area contributed by atoms with Crippen LogP contribution in [-0.4, -0.2) is 23.3 Å². The number of hydrogen-bond donors (Lipinski definition) is 1. The highest BCUT2D eigenvalue weighted by Gasteiger charge is 2.09. The van der Waals surface area contributed by atoms with Crippen LogP contribution in [0.5, 0.6) is 0 Å². The predicted molar refractivity (Wildman–Crippen MR) is 81.3 cm³/mol. The molecule has 1 atom stereocenters. The van der Waals surface area contributed by atoms with E-state index in [1.807, 2.05) is 18.3 Å². The van der Waals surface area contributed by atoms with Gasteiger partial charge < -0.3 is 14.6 Å². The van der Waals surface area contributed by atoms with Crippen molar-refractivity contribution in [2.45, 2.75) is 13.0 Å². The number of anilines is 2. The monoisotopic (exact) mass is 357 g/mol. The van der Waals surface area contributed by atoms with Crippen LogP contribution in [0.15, 0.2) is 36.7 Å². The molecule has 1 heterocycles. The quantitative estimate of drug-likeness (QED) is 0.834. The molecule has 5 heteroatoms. The van der Waals surface area contributed by atoms with Gasteiger partial charge in [0.25, 0.3) is 0 Å². The van der Waals surface area contributed by atoms with Crippen LogP contribution in [-0.2, 0) is 4.74 Å². The van der Waals surface area contributed by atoms with Gasteiger partial charge in [0.1, 0.15) is 0 Å². The maximum atomic E-state index is 5.17. The second-order valence-corrected chi connectivity index (χ2v) is 5.34. The van der Waals surface area contributed by atoms with Crippen LogP contribution in [0.1, 0.15) is 13.0 Å². The van der Waals surface area contributed by atoms with E-state index in [0.717, 1.165) is 11.6 Å². The molecule has 0 saturated carbocycles. The summed E-state index contributed by atoms with van der Waals surface area (Å²) >= 11 is 2.29. The largest absolute Gasteiger partial charge is 0.383 e. The van der Waals surface area contributed by atoms with E-state index in [4.69, 9.17) is 4.74 Å². The molecule has 1 aromatic heterocycles. The summed E-state index contributed by atoms with van der Waals surface area (Å²) in [5, 5.41) is 3.32. The van der Waals surface area contributed by atoms with E-state index in [-0.39, 0.29) is 6.04 Å². The Hall–Kier alpha value is -1.08. The van der Waals surface area contributed by atoms with Gasteiger partial charge in [-0.3, -0.25) is 0 Å². The number of halogens is 1. The Kier molecular flexibility index (Phi) is 4.60. The van der Waals surface area contributed by atoms with Crippen LogP contribution >= 0.6 is 22.6 Å². The zero-order valence-corrected chi connectivity index (χ0v) is 12.6. The molecule has 1 N–H and O–H groups in total. The topological polar surface area (TPSA) is 39.1 Å². The van der Waals surface area contributed by atoms with E-state index in [1.54, 1.807) is 13.3 Å². The molecule has 4 nitrogen and oxygen atoms in total. The molecule has 96 valence electrons. The Balaban J connectivity index is 2.17. The number of benzene rings is 1. The molecular formula is C13H16IN3O. The number of methoxy groups -OCH3 is 1. The highest BCUT2D eigenvalue weighted by Crippen LogP contribution is 2.20. The minimum absolute atomic E-state index is 0.253. The lowest BCUT2D eigenvalue weighted by molar-refractivity contribution is 0.163. The Bertz CT molecular complexity index is 512. The fraction of sp³-hybridized carbons (Fsp3) is 0.308. The number of nitrogens with one attached hydrogen (secondary N) is 1. The van der Waals surface area contributed by atoms with Crippen molar-refractivity contribution in [1.82, 2.24) is 9.55 Å². The van der Waals surface area contributed by atoms with Gasteiger partial charge >= 0.3 is 0 Å². The van der Waals surface area contributed by atoms with Crippen LogP contribution in [0.3, 0.4) is 0 Å². The molecule has 0 spiro atoms.